The van der Waals surface area contributed by atoms with Gasteiger partial charge in [-0.1, -0.05) is 0 Å². The van der Waals surface area contributed by atoms with Crippen LogP contribution in [-0.2, 0) is 4.57 Å². The van der Waals surface area contributed by atoms with Crippen molar-refractivity contribution in [1.82, 2.24) is 12.3 Å². The third-order valence-electron chi connectivity index (χ3n) is 0. The van der Waals surface area contributed by atoms with Crippen LogP contribution < -0.4 is 12.3 Å². The molecular formula is H11N2O4P. The molecule has 0 amide bonds. The smallest absolute Gasteiger partial charge is 0.314 e. The molecule has 10 N–H and O–H groups in total. The van der Waals surface area contributed by atoms with Gasteiger partial charge >= 0.3 is 8.25 Å². The van der Waals surface area contributed by atoms with E-state index in [1.54, 1.807) is 0 Å². The summed E-state index contributed by atoms with van der Waals surface area (Å²) in [7, 11) is -3.13. The molecule has 0 unspecified atom stereocenters. The van der Waals surface area contributed by atoms with Crippen LogP contribution in [0.4, 0.5) is 0 Å². The molecule has 7 heteroatoms. The van der Waals surface area contributed by atoms with Crippen molar-refractivity contribution in [3.63, 3.8) is 0 Å². The van der Waals surface area contributed by atoms with Gasteiger partial charge in [0.1, 0.15) is 0 Å². The van der Waals surface area contributed by atoms with Gasteiger partial charge in [-0.3, -0.25) is 4.57 Å². The molecule has 0 aromatic rings. The van der Waals surface area contributed by atoms with Crippen LogP contribution in [0, 0.1) is 0 Å². The van der Waals surface area contributed by atoms with Gasteiger partial charge in [-0.2, -0.15) is 0 Å². The first kappa shape index (κ1) is 27.8. The molecule has 0 saturated heterocycles. The molecule has 0 radical (unpaired) electrons. The SMILES string of the molecule is N.N.O.O=[PH](O)O. The minimum atomic E-state index is -3.13. The van der Waals surface area contributed by atoms with E-state index in [0.29, 0.717) is 0 Å². The Hall–Kier alpha value is 0.0300. The van der Waals surface area contributed by atoms with Crippen LogP contribution in [0.2, 0.25) is 0 Å². The molecule has 0 heterocycles. The van der Waals surface area contributed by atoms with Gasteiger partial charge in [0.2, 0.25) is 0 Å². The molecule has 50 valence electrons. The van der Waals surface area contributed by atoms with Crippen LogP contribution in [0.3, 0.4) is 0 Å². The van der Waals surface area contributed by atoms with Crippen molar-refractivity contribution in [3.05, 3.63) is 0 Å². The van der Waals surface area contributed by atoms with Crippen molar-refractivity contribution < 1.29 is 19.8 Å². The molecule has 0 aromatic carbocycles. The standard InChI is InChI=1S/2H3N.H3O3P.H2O/c;;1-4(2)3;/h2*1H3;4H,(H2,1,2,3);1H2. The molecule has 0 aliphatic rings. The molecule has 0 atom stereocenters. The molecule has 6 nitrogen and oxygen atoms in total. The highest BCUT2D eigenvalue weighted by atomic mass is 31.1. The van der Waals surface area contributed by atoms with Crippen molar-refractivity contribution in [2.24, 2.45) is 0 Å². The molecule has 0 aliphatic heterocycles. The summed E-state index contributed by atoms with van der Waals surface area (Å²) in [5, 5.41) is 0. The lowest BCUT2D eigenvalue weighted by molar-refractivity contribution is 0.405. The number of hydrogen-bond donors (Lipinski definition) is 4. The Labute approximate surface area is 41.6 Å². The Balaban J connectivity index is -0.0000000150. The fourth-order valence-corrected chi connectivity index (χ4v) is 0. The van der Waals surface area contributed by atoms with E-state index < -0.39 is 8.25 Å². The third-order valence-corrected chi connectivity index (χ3v) is 0. The second-order valence-corrected chi connectivity index (χ2v) is 0.848. The van der Waals surface area contributed by atoms with Gasteiger partial charge in [0.05, 0.1) is 0 Å². The molecule has 7 heavy (non-hydrogen) atoms. The summed E-state index contributed by atoms with van der Waals surface area (Å²) < 4.78 is 8.74. The van der Waals surface area contributed by atoms with Crippen LogP contribution in [0.5, 0.6) is 0 Å². The summed E-state index contributed by atoms with van der Waals surface area (Å²) >= 11 is 0. The van der Waals surface area contributed by atoms with Crippen LogP contribution in [-0.4, -0.2) is 15.3 Å². The summed E-state index contributed by atoms with van der Waals surface area (Å²) in [6.07, 6.45) is 0. The van der Waals surface area contributed by atoms with Gasteiger partial charge in [0.25, 0.3) is 0 Å². The van der Waals surface area contributed by atoms with Gasteiger partial charge in [-0.25, -0.2) is 0 Å². The molecule has 0 spiro atoms. The van der Waals surface area contributed by atoms with Gasteiger partial charge in [0, 0.05) is 0 Å². The van der Waals surface area contributed by atoms with Crippen LogP contribution in [0.1, 0.15) is 0 Å². The Kier molecular flexibility index (Phi) is 66.1. The Bertz CT molecular complexity index is 32.7. The van der Waals surface area contributed by atoms with Crippen molar-refractivity contribution in [2.75, 3.05) is 0 Å². The van der Waals surface area contributed by atoms with E-state index in [2.05, 4.69) is 0 Å². The molecule has 0 fully saturated rings. The zero-order chi connectivity index (χ0) is 3.58. The van der Waals surface area contributed by atoms with E-state index in [1.165, 1.54) is 0 Å². The average molecular weight is 134 g/mol. The first-order valence-corrected chi connectivity index (χ1v) is 1.95. The number of hydrogen-bond acceptors (Lipinski definition) is 3. The molecule has 0 aromatic heterocycles. The van der Waals surface area contributed by atoms with Crippen molar-refractivity contribution in [2.45, 2.75) is 0 Å². The highest BCUT2D eigenvalue weighted by Gasteiger charge is 1.61. The van der Waals surface area contributed by atoms with Gasteiger partial charge < -0.3 is 27.6 Å². The zero-order valence-corrected chi connectivity index (χ0v) is 4.72. The van der Waals surface area contributed by atoms with Gasteiger partial charge in [-0.05, 0) is 0 Å². The van der Waals surface area contributed by atoms with E-state index >= 15 is 0 Å². The van der Waals surface area contributed by atoms with E-state index in [1.807, 2.05) is 0 Å². The predicted octanol–water partition coefficient (Wildman–Crippen LogP) is -1.14. The summed E-state index contributed by atoms with van der Waals surface area (Å²) in [5.74, 6) is 0. The zero-order valence-electron chi connectivity index (χ0n) is 3.72. The molecular weight excluding hydrogens is 123 g/mol. The Morgan fingerprint density at radius 1 is 1.14 bits per heavy atom. The summed E-state index contributed by atoms with van der Waals surface area (Å²) in [6.45, 7) is 0. The van der Waals surface area contributed by atoms with Crippen molar-refractivity contribution in [3.8, 4) is 0 Å². The lowest BCUT2D eigenvalue weighted by Gasteiger charge is -1.61. The van der Waals surface area contributed by atoms with E-state index in [0.717, 1.165) is 0 Å². The Morgan fingerprint density at radius 3 is 1.14 bits per heavy atom. The maximum absolute atomic E-state index is 8.74. The van der Waals surface area contributed by atoms with Crippen LogP contribution in [0.15, 0.2) is 0 Å². The average Bonchev–Trinajstić information content (AvgIpc) is 0.811. The maximum atomic E-state index is 8.74. The van der Waals surface area contributed by atoms with Gasteiger partial charge in [-0.15, -0.1) is 0 Å². The van der Waals surface area contributed by atoms with Crippen molar-refractivity contribution in [1.29, 1.82) is 0 Å². The van der Waals surface area contributed by atoms with Crippen molar-refractivity contribution >= 4 is 8.25 Å². The monoisotopic (exact) mass is 134 g/mol. The summed E-state index contributed by atoms with van der Waals surface area (Å²) in [6, 6.07) is 0. The molecule has 0 saturated carbocycles. The Morgan fingerprint density at radius 2 is 1.14 bits per heavy atom. The molecule has 0 bridgehead atoms. The quantitative estimate of drug-likeness (QED) is 0.307. The molecule has 0 aliphatic carbocycles. The van der Waals surface area contributed by atoms with Crippen LogP contribution >= 0.6 is 8.25 Å². The maximum Gasteiger partial charge on any atom is 0.314 e. The highest BCUT2D eigenvalue weighted by molar-refractivity contribution is 7.30. The minimum Gasteiger partial charge on any atom is -0.412 e. The minimum absolute atomic E-state index is 0. The summed E-state index contributed by atoms with van der Waals surface area (Å²) in [5.41, 5.74) is 0. The van der Waals surface area contributed by atoms with E-state index in [4.69, 9.17) is 14.4 Å². The molecule has 0 rings (SSSR count). The largest absolute Gasteiger partial charge is 0.412 e. The second-order valence-electron chi connectivity index (χ2n) is 0.283. The van der Waals surface area contributed by atoms with E-state index in [9.17, 15) is 0 Å². The fraction of sp³-hybridized carbons (Fsp3) is 0. The highest BCUT2D eigenvalue weighted by Crippen LogP contribution is 1.98. The first-order valence-electron chi connectivity index (χ1n) is 0.651. The fourth-order valence-electron chi connectivity index (χ4n) is 0. The number of rotatable bonds is 0. The second kappa shape index (κ2) is 16.6. The lowest BCUT2D eigenvalue weighted by Crippen LogP contribution is -1.38. The topological polar surface area (TPSA) is 159 Å². The summed E-state index contributed by atoms with van der Waals surface area (Å²) in [4.78, 5) is 14.3. The first-order chi connectivity index (χ1) is 1.73. The lowest BCUT2D eigenvalue weighted by atomic mass is 14.0. The predicted molar refractivity (Wildman–Crippen MR) is 27.1 cm³/mol. The van der Waals surface area contributed by atoms with Gasteiger partial charge in [0.15, 0.2) is 0 Å². The van der Waals surface area contributed by atoms with Crippen LogP contribution in [0.25, 0.3) is 0 Å². The normalized spacial score (nSPS) is 5.00. The third kappa shape index (κ3) is 109000. The van der Waals surface area contributed by atoms with E-state index in [-0.39, 0.29) is 17.8 Å².